The van der Waals surface area contributed by atoms with Crippen molar-refractivity contribution in [1.82, 2.24) is 0 Å². The Labute approximate surface area is 183 Å². The summed E-state index contributed by atoms with van der Waals surface area (Å²) >= 11 is 0. The average Bonchev–Trinajstić information content (AvgIpc) is 2.76. The maximum Gasteiger partial charge on any atom is 0.161 e. The van der Waals surface area contributed by atoms with E-state index in [1.807, 2.05) is 24.3 Å². The molecular weight excluding hydrogens is 391 g/mol. The van der Waals surface area contributed by atoms with Gasteiger partial charge in [-0.2, -0.15) is 0 Å². The summed E-state index contributed by atoms with van der Waals surface area (Å²) in [6.07, 6.45) is 11.0. The van der Waals surface area contributed by atoms with Crippen molar-refractivity contribution in [3.63, 3.8) is 0 Å². The lowest BCUT2D eigenvalue weighted by Crippen LogP contribution is -2.49. The van der Waals surface area contributed by atoms with Gasteiger partial charge in [0.25, 0.3) is 0 Å². The van der Waals surface area contributed by atoms with E-state index < -0.39 is 0 Å². The van der Waals surface area contributed by atoms with Crippen molar-refractivity contribution in [2.24, 2.45) is 23.2 Å². The molecule has 3 nitrogen and oxygen atoms in total. The molecule has 4 bridgehead atoms. The predicted molar refractivity (Wildman–Crippen MR) is 118 cm³/mol. The van der Waals surface area contributed by atoms with Crippen LogP contribution in [0.25, 0.3) is 6.08 Å². The Morgan fingerprint density at radius 1 is 1.03 bits per heavy atom. The molecule has 0 radical (unpaired) electrons. The van der Waals surface area contributed by atoms with E-state index in [0.717, 1.165) is 53.9 Å². The zero-order valence-electron chi connectivity index (χ0n) is 18.0. The van der Waals surface area contributed by atoms with Crippen molar-refractivity contribution in [3.8, 4) is 11.5 Å². The van der Waals surface area contributed by atoms with E-state index in [1.165, 1.54) is 31.4 Å². The highest BCUT2D eigenvalue weighted by molar-refractivity contribution is 5.98. The van der Waals surface area contributed by atoms with Crippen LogP contribution in [0.3, 0.4) is 0 Å². The second kappa shape index (κ2) is 8.14. The number of ketones is 1. The van der Waals surface area contributed by atoms with Gasteiger partial charge in [-0.1, -0.05) is 12.1 Å². The van der Waals surface area contributed by atoms with Crippen molar-refractivity contribution >= 4 is 11.9 Å². The fourth-order valence-corrected chi connectivity index (χ4v) is 6.47. The van der Waals surface area contributed by atoms with Crippen LogP contribution in [-0.2, 0) is 11.4 Å². The van der Waals surface area contributed by atoms with E-state index in [-0.39, 0.29) is 11.2 Å². The molecule has 0 aromatic heterocycles. The number of hydrogen-bond acceptors (Lipinski definition) is 3. The first kappa shape index (κ1) is 20.3. The highest BCUT2D eigenvalue weighted by atomic mass is 19.1. The molecule has 4 aliphatic carbocycles. The molecule has 0 atom stereocenters. The molecule has 6 rings (SSSR count). The minimum atomic E-state index is -0.291. The number of hydrogen-bond donors (Lipinski definition) is 0. The molecule has 0 unspecified atom stereocenters. The minimum Gasteiger partial charge on any atom is -0.496 e. The summed E-state index contributed by atoms with van der Waals surface area (Å²) in [5, 5.41) is 0. The molecule has 0 aliphatic heterocycles. The van der Waals surface area contributed by atoms with Gasteiger partial charge in [0.1, 0.15) is 23.9 Å². The molecule has 2 aromatic carbocycles. The monoisotopic (exact) mass is 420 g/mol. The van der Waals surface area contributed by atoms with Gasteiger partial charge in [0.15, 0.2) is 5.78 Å². The van der Waals surface area contributed by atoms with Gasteiger partial charge in [-0.3, -0.25) is 4.79 Å². The number of methoxy groups -OCH3 is 1. The van der Waals surface area contributed by atoms with Crippen LogP contribution in [0, 0.1) is 29.0 Å². The number of ether oxygens (including phenoxy) is 2. The first-order valence-electron chi connectivity index (χ1n) is 11.3. The predicted octanol–water partition coefficient (Wildman–Crippen LogP) is 6.21. The van der Waals surface area contributed by atoms with Crippen molar-refractivity contribution in [2.45, 2.75) is 45.1 Å². The van der Waals surface area contributed by atoms with Crippen LogP contribution in [0.15, 0.2) is 48.5 Å². The molecule has 0 heterocycles. The third-order valence-corrected chi connectivity index (χ3v) is 7.50. The standard InChI is InChI=1S/C27H29FO3/c1-30-25-8-2-18(13-22(25)17-31-24-6-4-23(28)5-7-24)3-9-26(29)27-14-19-10-20(15-27)12-21(11-19)16-27/h2-9,13,19-21H,10-12,14-17H2,1H3/b9-3+. The lowest BCUT2D eigenvalue weighted by atomic mass is 9.48. The summed E-state index contributed by atoms with van der Waals surface area (Å²) < 4.78 is 24.4. The first-order valence-corrected chi connectivity index (χ1v) is 11.3. The van der Waals surface area contributed by atoms with Gasteiger partial charge in [-0.05, 0) is 104 Å². The molecule has 4 heteroatoms. The topological polar surface area (TPSA) is 35.5 Å². The number of carbonyl (C=O) groups is 1. The van der Waals surface area contributed by atoms with Gasteiger partial charge in [-0.25, -0.2) is 4.39 Å². The minimum absolute atomic E-state index is 0.105. The van der Waals surface area contributed by atoms with Crippen LogP contribution < -0.4 is 9.47 Å². The first-order chi connectivity index (χ1) is 15.0. The molecule has 0 amide bonds. The largest absolute Gasteiger partial charge is 0.496 e. The lowest BCUT2D eigenvalue weighted by molar-refractivity contribution is -0.138. The van der Waals surface area contributed by atoms with E-state index in [9.17, 15) is 9.18 Å². The Hall–Kier alpha value is -2.62. The number of carbonyl (C=O) groups excluding carboxylic acids is 1. The van der Waals surface area contributed by atoms with E-state index in [4.69, 9.17) is 9.47 Å². The number of halogens is 1. The number of benzene rings is 2. The molecule has 0 saturated heterocycles. The zero-order valence-corrected chi connectivity index (χ0v) is 18.0. The smallest absolute Gasteiger partial charge is 0.161 e. The quantitative estimate of drug-likeness (QED) is 0.500. The van der Waals surface area contributed by atoms with Gasteiger partial charge in [0.05, 0.1) is 7.11 Å². The highest BCUT2D eigenvalue weighted by Gasteiger charge is 2.53. The zero-order chi connectivity index (χ0) is 21.4. The van der Waals surface area contributed by atoms with E-state index in [0.29, 0.717) is 18.1 Å². The molecule has 4 fully saturated rings. The number of allylic oxidation sites excluding steroid dienone is 1. The molecular formula is C27H29FO3. The summed E-state index contributed by atoms with van der Waals surface area (Å²) in [6, 6.07) is 11.8. The lowest BCUT2D eigenvalue weighted by Gasteiger charge is -2.55. The molecule has 31 heavy (non-hydrogen) atoms. The Balaban J connectivity index is 1.30. The summed E-state index contributed by atoms with van der Waals surface area (Å²) in [4.78, 5) is 13.2. The van der Waals surface area contributed by atoms with Crippen molar-refractivity contribution < 1.29 is 18.7 Å². The summed E-state index contributed by atoms with van der Waals surface area (Å²) in [5.41, 5.74) is 1.74. The Morgan fingerprint density at radius 2 is 1.68 bits per heavy atom. The van der Waals surface area contributed by atoms with Crippen LogP contribution >= 0.6 is 0 Å². The third-order valence-electron chi connectivity index (χ3n) is 7.50. The second-order valence-corrected chi connectivity index (χ2v) is 9.71. The molecule has 4 aliphatic rings. The van der Waals surface area contributed by atoms with Gasteiger partial charge < -0.3 is 9.47 Å². The number of rotatable bonds is 7. The van der Waals surface area contributed by atoms with Gasteiger partial charge in [0, 0.05) is 11.0 Å². The van der Waals surface area contributed by atoms with Crippen LogP contribution in [0.4, 0.5) is 4.39 Å². The fraction of sp³-hybridized carbons (Fsp3) is 0.444. The highest BCUT2D eigenvalue weighted by Crippen LogP contribution is 2.60. The van der Waals surface area contributed by atoms with E-state index >= 15 is 0 Å². The van der Waals surface area contributed by atoms with Crippen LogP contribution in [-0.4, -0.2) is 12.9 Å². The molecule has 2 aromatic rings. The summed E-state index contributed by atoms with van der Waals surface area (Å²) in [6.45, 7) is 0.305. The van der Waals surface area contributed by atoms with Crippen molar-refractivity contribution in [2.75, 3.05) is 7.11 Å². The van der Waals surface area contributed by atoms with Gasteiger partial charge in [0.2, 0.25) is 0 Å². The average molecular weight is 421 g/mol. The van der Waals surface area contributed by atoms with Gasteiger partial charge >= 0.3 is 0 Å². The molecule has 4 saturated carbocycles. The molecule has 0 N–H and O–H groups in total. The SMILES string of the molecule is COc1ccc(/C=C/C(=O)C23CC4CC(CC(C4)C2)C3)cc1COc1ccc(F)cc1. The van der Waals surface area contributed by atoms with Gasteiger partial charge in [-0.15, -0.1) is 0 Å². The molecule has 0 spiro atoms. The normalized spacial score (nSPS) is 28.8. The second-order valence-electron chi connectivity index (χ2n) is 9.71. The van der Waals surface area contributed by atoms with Crippen LogP contribution in [0.2, 0.25) is 0 Å². The van der Waals surface area contributed by atoms with E-state index in [2.05, 4.69) is 0 Å². The molecule has 162 valence electrons. The van der Waals surface area contributed by atoms with Crippen molar-refractivity contribution in [3.05, 3.63) is 65.5 Å². The van der Waals surface area contributed by atoms with E-state index in [1.54, 1.807) is 25.3 Å². The Morgan fingerprint density at radius 3 is 2.29 bits per heavy atom. The third kappa shape index (κ3) is 4.13. The Kier molecular flexibility index (Phi) is 5.33. The fourth-order valence-electron chi connectivity index (χ4n) is 6.47. The summed E-state index contributed by atoms with van der Waals surface area (Å²) in [7, 11) is 1.63. The van der Waals surface area contributed by atoms with Crippen molar-refractivity contribution in [1.29, 1.82) is 0 Å². The summed E-state index contributed by atoms with van der Waals surface area (Å²) in [5.74, 6) is 3.64. The Bertz CT molecular complexity index is 957. The maximum atomic E-state index is 13.2. The van der Waals surface area contributed by atoms with Crippen LogP contribution in [0.5, 0.6) is 11.5 Å². The van der Waals surface area contributed by atoms with Crippen LogP contribution in [0.1, 0.15) is 49.7 Å². The maximum absolute atomic E-state index is 13.2.